The van der Waals surface area contributed by atoms with Gasteiger partial charge in [0, 0.05) is 19.2 Å². The van der Waals surface area contributed by atoms with E-state index in [2.05, 4.69) is 10.2 Å². The second kappa shape index (κ2) is 4.08. The van der Waals surface area contributed by atoms with Gasteiger partial charge in [0.05, 0.1) is 0 Å². The van der Waals surface area contributed by atoms with E-state index in [9.17, 15) is 9.59 Å². The van der Waals surface area contributed by atoms with E-state index in [4.69, 9.17) is 0 Å². The minimum atomic E-state index is -0.301. The lowest BCUT2D eigenvalue weighted by atomic mass is 10.2. The molecule has 0 saturated heterocycles. The Bertz CT molecular complexity index is 430. The summed E-state index contributed by atoms with van der Waals surface area (Å²) in [6.45, 7) is 1.32. The molecule has 5 heteroatoms. The molecule has 0 unspecified atom stereocenters. The molecule has 0 saturated carbocycles. The maximum absolute atomic E-state index is 11.8. The van der Waals surface area contributed by atoms with Gasteiger partial charge in [-0.15, -0.1) is 0 Å². The van der Waals surface area contributed by atoms with Crippen molar-refractivity contribution in [3.8, 4) is 0 Å². The number of hydrogen-bond acceptors (Lipinski definition) is 3. The van der Waals surface area contributed by atoms with Gasteiger partial charge in [0.25, 0.3) is 11.5 Å². The number of nitrogens with one attached hydrogen (secondary N) is 1. The number of rotatable bonds is 1. The van der Waals surface area contributed by atoms with Crippen molar-refractivity contribution in [1.29, 1.82) is 0 Å². The number of nitrogens with zero attached hydrogens (tertiary/aromatic N) is 2. The number of aromatic amines is 1. The molecule has 0 fully saturated rings. The van der Waals surface area contributed by atoms with Crippen LogP contribution in [0.25, 0.3) is 0 Å². The van der Waals surface area contributed by atoms with Crippen LogP contribution in [-0.2, 0) is 0 Å². The second-order valence-corrected chi connectivity index (χ2v) is 3.32. The summed E-state index contributed by atoms with van der Waals surface area (Å²) >= 11 is 0. The molecule has 0 spiro atoms. The van der Waals surface area contributed by atoms with Gasteiger partial charge in [0.1, 0.15) is 5.69 Å². The van der Waals surface area contributed by atoms with E-state index in [1.54, 1.807) is 4.90 Å². The van der Waals surface area contributed by atoms with E-state index in [1.807, 2.05) is 12.2 Å². The van der Waals surface area contributed by atoms with Gasteiger partial charge >= 0.3 is 0 Å². The van der Waals surface area contributed by atoms with Gasteiger partial charge in [-0.3, -0.25) is 9.59 Å². The lowest BCUT2D eigenvalue weighted by molar-refractivity contribution is 0.0764. The summed E-state index contributed by atoms with van der Waals surface area (Å²) in [6, 6.07) is 2.75. The fourth-order valence-corrected chi connectivity index (χ4v) is 1.45. The Labute approximate surface area is 86.4 Å². The number of carbonyl (C=O) groups excluding carboxylic acids is 1. The Hall–Kier alpha value is -1.91. The molecule has 0 aromatic carbocycles. The van der Waals surface area contributed by atoms with Crippen LogP contribution < -0.4 is 5.56 Å². The van der Waals surface area contributed by atoms with Crippen LogP contribution in [0.2, 0.25) is 0 Å². The molecule has 78 valence electrons. The van der Waals surface area contributed by atoms with E-state index in [0.717, 1.165) is 6.42 Å². The zero-order valence-corrected chi connectivity index (χ0v) is 8.14. The largest absolute Gasteiger partial charge is 0.333 e. The maximum Gasteiger partial charge on any atom is 0.274 e. The Morgan fingerprint density at radius 2 is 2.27 bits per heavy atom. The molecule has 15 heavy (non-hydrogen) atoms. The zero-order valence-electron chi connectivity index (χ0n) is 8.14. The van der Waals surface area contributed by atoms with Crippen LogP contribution in [0.3, 0.4) is 0 Å². The summed E-state index contributed by atoms with van der Waals surface area (Å²) in [6.07, 6.45) is 4.87. The molecule has 1 N–H and O–H groups in total. The van der Waals surface area contributed by atoms with Gasteiger partial charge in [0.2, 0.25) is 0 Å². The molecule has 1 aromatic heterocycles. The van der Waals surface area contributed by atoms with Crippen LogP contribution in [0.5, 0.6) is 0 Å². The molecule has 1 aliphatic rings. The highest BCUT2D eigenvalue weighted by atomic mass is 16.2. The molecule has 1 amide bonds. The van der Waals surface area contributed by atoms with Crippen molar-refractivity contribution in [2.75, 3.05) is 13.1 Å². The fourth-order valence-electron chi connectivity index (χ4n) is 1.45. The third-order valence-corrected chi connectivity index (χ3v) is 2.24. The van der Waals surface area contributed by atoms with Crippen molar-refractivity contribution in [3.05, 3.63) is 40.3 Å². The molecular weight excluding hydrogens is 194 g/mol. The zero-order chi connectivity index (χ0) is 10.7. The van der Waals surface area contributed by atoms with E-state index in [1.165, 1.54) is 12.1 Å². The first-order valence-electron chi connectivity index (χ1n) is 4.77. The van der Waals surface area contributed by atoms with Crippen molar-refractivity contribution in [1.82, 2.24) is 15.1 Å². The number of hydrogen-bond donors (Lipinski definition) is 1. The van der Waals surface area contributed by atoms with Crippen LogP contribution in [-0.4, -0.2) is 34.1 Å². The van der Waals surface area contributed by atoms with Gasteiger partial charge in [-0.05, 0) is 12.5 Å². The van der Waals surface area contributed by atoms with E-state index in [0.29, 0.717) is 13.1 Å². The Morgan fingerprint density at radius 3 is 2.87 bits per heavy atom. The van der Waals surface area contributed by atoms with Crippen molar-refractivity contribution in [2.45, 2.75) is 6.42 Å². The second-order valence-electron chi connectivity index (χ2n) is 3.32. The van der Waals surface area contributed by atoms with Gasteiger partial charge in [-0.2, -0.15) is 5.10 Å². The number of carbonyl (C=O) groups is 1. The number of aromatic nitrogens is 2. The van der Waals surface area contributed by atoms with Gasteiger partial charge < -0.3 is 4.90 Å². The summed E-state index contributed by atoms with van der Waals surface area (Å²) in [5, 5.41) is 5.95. The highest BCUT2D eigenvalue weighted by molar-refractivity contribution is 5.92. The quantitative estimate of drug-likeness (QED) is 0.665. The third kappa shape index (κ3) is 2.12. The van der Waals surface area contributed by atoms with Crippen molar-refractivity contribution < 1.29 is 4.79 Å². The normalized spacial score (nSPS) is 15.3. The first-order valence-corrected chi connectivity index (χ1v) is 4.77. The van der Waals surface area contributed by atoms with Crippen LogP contribution in [0.4, 0.5) is 0 Å². The standard InChI is InChI=1S/C10H11N3O2/c14-9-5-4-8(11-12-9)10(15)13-6-2-1-3-7-13/h1-2,4-5H,3,6-7H2,(H,12,14). The topological polar surface area (TPSA) is 66.1 Å². The summed E-state index contributed by atoms with van der Waals surface area (Å²) < 4.78 is 0. The lowest BCUT2D eigenvalue weighted by Crippen LogP contribution is -2.34. The SMILES string of the molecule is O=C(c1ccc(=O)[nH]n1)N1CC=CCC1. The Kier molecular flexibility index (Phi) is 2.62. The molecular formula is C10H11N3O2. The molecule has 1 aliphatic heterocycles. The maximum atomic E-state index is 11.8. The highest BCUT2D eigenvalue weighted by Crippen LogP contribution is 2.05. The smallest absolute Gasteiger partial charge is 0.274 e. The molecule has 0 aliphatic carbocycles. The number of H-pyrrole nitrogens is 1. The predicted molar refractivity (Wildman–Crippen MR) is 54.5 cm³/mol. The molecule has 0 bridgehead atoms. The van der Waals surface area contributed by atoms with Crippen molar-refractivity contribution in [3.63, 3.8) is 0 Å². The van der Waals surface area contributed by atoms with Gasteiger partial charge in [-0.25, -0.2) is 5.10 Å². The molecule has 5 nitrogen and oxygen atoms in total. The third-order valence-electron chi connectivity index (χ3n) is 2.24. The highest BCUT2D eigenvalue weighted by Gasteiger charge is 2.16. The molecule has 0 radical (unpaired) electrons. The first-order chi connectivity index (χ1) is 7.27. The van der Waals surface area contributed by atoms with Crippen LogP contribution in [0.1, 0.15) is 16.9 Å². The minimum absolute atomic E-state index is 0.143. The van der Waals surface area contributed by atoms with E-state index < -0.39 is 0 Å². The van der Waals surface area contributed by atoms with E-state index in [-0.39, 0.29) is 17.2 Å². The molecule has 2 rings (SSSR count). The molecule has 1 aromatic rings. The summed E-state index contributed by atoms with van der Waals surface area (Å²) in [7, 11) is 0. The average Bonchev–Trinajstić information content (AvgIpc) is 2.30. The predicted octanol–water partition coefficient (Wildman–Crippen LogP) is 0.172. The van der Waals surface area contributed by atoms with Crippen LogP contribution in [0.15, 0.2) is 29.1 Å². The molecule has 2 heterocycles. The monoisotopic (exact) mass is 205 g/mol. The van der Waals surface area contributed by atoms with Crippen LogP contribution in [0, 0.1) is 0 Å². The lowest BCUT2D eigenvalue weighted by Gasteiger charge is -2.22. The van der Waals surface area contributed by atoms with Crippen molar-refractivity contribution in [2.24, 2.45) is 0 Å². The van der Waals surface area contributed by atoms with Crippen molar-refractivity contribution >= 4 is 5.91 Å². The molecule has 0 atom stereocenters. The summed E-state index contributed by atoms with van der Waals surface area (Å²) in [5.41, 5.74) is -0.0185. The van der Waals surface area contributed by atoms with E-state index >= 15 is 0 Å². The van der Waals surface area contributed by atoms with Gasteiger partial charge in [0.15, 0.2) is 0 Å². The first kappa shape index (κ1) is 9.64. The van der Waals surface area contributed by atoms with Crippen LogP contribution >= 0.6 is 0 Å². The minimum Gasteiger partial charge on any atom is -0.333 e. The average molecular weight is 205 g/mol. The Balaban J connectivity index is 2.16. The summed E-state index contributed by atoms with van der Waals surface area (Å²) in [4.78, 5) is 24.3. The Morgan fingerprint density at radius 1 is 1.40 bits per heavy atom. The fraction of sp³-hybridized carbons (Fsp3) is 0.300. The summed E-state index contributed by atoms with van der Waals surface area (Å²) in [5.74, 6) is -0.143. The van der Waals surface area contributed by atoms with Gasteiger partial charge in [-0.1, -0.05) is 12.2 Å². The number of amides is 1.